The SMILES string of the molecule is CC(C)(c1ccc(OC[C@@H](O)CN2CCOCC2)cc1)c1cc(Cl)c(OCC2(CCl)CC2)c(Cl)c1. The van der Waals surface area contributed by atoms with Gasteiger partial charge in [-0.15, -0.1) is 11.6 Å². The van der Waals surface area contributed by atoms with Crippen LogP contribution >= 0.6 is 34.8 Å². The van der Waals surface area contributed by atoms with Gasteiger partial charge in [0, 0.05) is 36.3 Å². The first kappa shape index (κ1) is 26.8. The molecule has 1 saturated carbocycles. The molecule has 2 aromatic rings. The minimum atomic E-state index is -0.548. The molecule has 0 radical (unpaired) electrons. The monoisotopic (exact) mass is 541 g/mol. The largest absolute Gasteiger partial charge is 0.491 e. The van der Waals surface area contributed by atoms with Crippen LogP contribution in [0.3, 0.4) is 0 Å². The molecule has 8 heteroatoms. The van der Waals surface area contributed by atoms with Gasteiger partial charge in [0.05, 0.1) is 29.9 Å². The van der Waals surface area contributed by atoms with Crippen molar-refractivity contribution in [3.05, 3.63) is 57.6 Å². The molecule has 2 aromatic carbocycles. The number of nitrogens with zero attached hydrogens (tertiary/aromatic N) is 1. The Morgan fingerprint density at radius 1 is 1.03 bits per heavy atom. The van der Waals surface area contributed by atoms with Gasteiger partial charge >= 0.3 is 0 Å². The van der Waals surface area contributed by atoms with Gasteiger partial charge in [0.2, 0.25) is 0 Å². The molecule has 0 bridgehead atoms. The summed E-state index contributed by atoms with van der Waals surface area (Å²) in [4.78, 5) is 2.19. The van der Waals surface area contributed by atoms with Crippen molar-refractivity contribution in [3.63, 3.8) is 0 Å². The number of β-amino-alcohol motifs (C(OH)–C–C–N with tert-alkyl or cyclic N) is 1. The second kappa shape index (κ2) is 11.5. The van der Waals surface area contributed by atoms with Crippen LogP contribution in [0.4, 0.5) is 0 Å². The molecule has 5 nitrogen and oxygen atoms in total. The Hall–Kier alpha value is -1.21. The van der Waals surface area contributed by atoms with Crippen molar-refractivity contribution in [2.45, 2.75) is 38.2 Å². The van der Waals surface area contributed by atoms with Gasteiger partial charge in [0.25, 0.3) is 0 Å². The summed E-state index contributed by atoms with van der Waals surface area (Å²) >= 11 is 19.2. The minimum absolute atomic E-state index is 0.0640. The Kier molecular flexibility index (Phi) is 8.78. The average molecular weight is 543 g/mol. The highest BCUT2D eigenvalue weighted by molar-refractivity contribution is 6.37. The zero-order valence-corrected chi connectivity index (χ0v) is 22.6. The number of rotatable bonds is 11. The van der Waals surface area contributed by atoms with Gasteiger partial charge in [0.1, 0.15) is 18.5 Å². The van der Waals surface area contributed by atoms with Crippen molar-refractivity contribution >= 4 is 34.8 Å². The molecule has 2 aliphatic rings. The predicted octanol–water partition coefficient (Wildman–Crippen LogP) is 5.79. The molecule has 0 amide bonds. The van der Waals surface area contributed by atoms with Crippen LogP contribution in [-0.2, 0) is 10.2 Å². The Morgan fingerprint density at radius 2 is 1.66 bits per heavy atom. The molecule has 35 heavy (non-hydrogen) atoms. The van der Waals surface area contributed by atoms with Gasteiger partial charge in [-0.1, -0.05) is 49.2 Å². The van der Waals surface area contributed by atoms with E-state index in [-0.39, 0.29) is 17.4 Å². The lowest BCUT2D eigenvalue weighted by atomic mass is 9.78. The van der Waals surface area contributed by atoms with Crippen LogP contribution in [0.5, 0.6) is 11.5 Å². The fourth-order valence-corrected chi connectivity index (χ4v) is 5.18. The first-order chi connectivity index (χ1) is 16.7. The van der Waals surface area contributed by atoms with Crippen molar-refractivity contribution < 1.29 is 19.3 Å². The van der Waals surface area contributed by atoms with Crippen molar-refractivity contribution in [2.75, 3.05) is 51.9 Å². The standard InChI is InChI=1S/C27H34Cl3NO4/c1-26(2,20-13-23(29)25(24(30)14-20)35-18-27(17-28)7-8-27)19-3-5-22(6-4-19)34-16-21(32)15-31-9-11-33-12-10-31/h3-6,13-14,21,32H,7-12,15-18H2,1-2H3/t21-/m0/s1. The molecule has 1 N–H and O–H groups in total. The lowest BCUT2D eigenvalue weighted by Gasteiger charge is -2.28. The van der Waals surface area contributed by atoms with E-state index in [4.69, 9.17) is 49.0 Å². The predicted molar refractivity (Wildman–Crippen MR) is 142 cm³/mol. The Balaban J connectivity index is 1.37. The number of ether oxygens (including phenoxy) is 3. The molecule has 192 valence electrons. The maximum absolute atomic E-state index is 10.3. The van der Waals surface area contributed by atoms with Gasteiger partial charge in [-0.2, -0.15) is 0 Å². The van der Waals surface area contributed by atoms with Crippen molar-refractivity contribution in [1.82, 2.24) is 4.90 Å². The lowest BCUT2D eigenvalue weighted by Crippen LogP contribution is -2.42. The second-order valence-corrected chi connectivity index (χ2v) is 11.3. The van der Waals surface area contributed by atoms with Crippen LogP contribution in [0.25, 0.3) is 0 Å². The Labute approximate surface area is 223 Å². The summed E-state index contributed by atoms with van der Waals surface area (Å²) in [7, 11) is 0. The van der Waals surface area contributed by atoms with Crippen LogP contribution in [-0.4, -0.2) is 68.1 Å². The molecular weight excluding hydrogens is 509 g/mol. The molecule has 4 rings (SSSR count). The quantitative estimate of drug-likeness (QED) is 0.364. The molecule has 0 unspecified atom stereocenters. The molecule has 1 saturated heterocycles. The molecular formula is C27H34Cl3NO4. The first-order valence-corrected chi connectivity index (χ1v) is 13.4. The molecule has 1 aliphatic heterocycles. The normalized spacial score (nSPS) is 18.8. The average Bonchev–Trinajstić information content (AvgIpc) is 3.63. The van der Waals surface area contributed by atoms with E-state index in [1.165, 1.54) is 0 Å². The summed E-state index contributed by atoms with van der Waals surface area (Å²) < 4.78 is 17.2. The minimum Gasteiger partial charge on any atom is -0.491 e. The number of aliphatic hydroxyl groups excluding tert-OH is 1. The number of benzene rings is 2. The van der Waals surface area contributed by atoms with E-state index in [1.807, 2.05) is 36.4 Å². The van der Waals surface area contributed by atoms with E-state index >= 15 is 0 Å². The van der Waals surface area contributed by atoms with Gasteiger partial charge in [0.15, 0.2) is 5.75 Å². The molecule has 1 atom stereocenters. The van der Waals surface area contributed by atoms with Crippen LogP contribution < -0.4 is 9.47 Å². The van der Waals surface area contributed by atoms with Gasteiger partial charge < -0.3 is 19.3 Å². The fraction of sp³-hybridized carbons (Fsp3) is 0.556. The third-order valence-electron chi connectivity index (χ3n) is 7.07. The number of morpholine rings is 1. The van der Waals surface area contributed by atoms with Crippen molar-refractivity contribution in [2.24, 2.45) is 5.41 Å². The van der Waals surface area contributed by atoms with E-state index in [2.05, 4.69) is 18.7 Å². The highest BCUT2D eigenvalue weighted by Crippen LogP contribution is 2.48. The summed E-state index contributed by atoms with van der Waals surface area (Å²) in [6, 6.07) is 11.8. The highest BCUT2D eigenvalue weighted by Gasteiger charge is 2.43. The Morgan fingerprint density at radius 3 is 2.23 bits per heavy atom. The molecule has 0 aromatic heterocycles. The third kappa shape index (κ3) is 6.76. The van der Waals surface area contributed by atoms with E-state index < -0.39 is 6.10 Å². The maximum Gasteiger partial charge on any atom is 0.156 e. The second-order valence-electron chi connectivity index (χ2n) is 10.2. The summed E-state index contributed by atoms with van der Waals surface area (Å²) in [5.74, 6) is 1.82. The van der Waals surface area contributed by atoms with Crippen LogP contribution in [0.15, 0.2) is 36.4 Å². The van der Waals surface area contributed by atoms with Gasteiger partial charge in [-0.05, 0) is 48.2 Å². The summed E-state index contributed by atoms with van der Waals surface area (Å²) in [5.41, 5.74) is 1.81. The number of hydrogen-bond acceptors (Lipinski definition) is 5. The summed E-state index contributed by atoms with van der Waals surface area (Å²) in [6.07, 6.45) is 1.60. The van der Waals surface area contributed by atoms with Crippen LogP contribution in [0.2, 0.25) is 10.0 Å². The zero-order chi connectivity index (χ0) is 25.1. The molecule has 2 fully saturated rings. The van der Waals surface area contributed by atoms with Crippen molar-refractivity contribution in [3.8, 4) is 11.5 Å². The molecule has 1 heterocycles. The number of halogens is 3. The van der Waals surface area contributed by atoms with Gasteiger partial charge in [-0.25, -0.2) is 0 Å². The summed E-state index contributed by atoms with van der Waals surface area (Å²) in [6.45, 7) is 8.74. The lowest BCUT2D eigenvalue weighted by molar-refractivity contribution is 0.00465. The highest BCUT2D eigenvalue weighted by atomic mass is 35.5. The van der Waals surface area contributed by atoms with E-state index in [9.17, 15) is 5.11 Å². The smallest absolute Gasteiger partial charge is 0.156 e. The fourth-order valence-electron chi connectivity index (χ4n) is 4.24. The van der Waals surface area contributed by atoms with Crippen molar-refractivity contribution in [1.29, 1.82) is 0 Å². The third-order valence-corrected chi connectivity index (χ3v) is 8.20. The first-order valence-electron chi connectivity index (χ1n) is 12.1. The maximum atomic E-state index is 10.3. The van der Waals surface area contributed by atoms with E-state index in [1.54, 1.807) is 0 Å². The topological polar surface area (TPSA) is 51.2 Å². The molecule has 0 spiro atoms. The molecule has 1 aliphatic carbocycles. The van der Waals surface area contributed by atoms with Crippen LogP contribution in [0, 0.1) is 5.41 Å². The number of alkyl halides is 1. The number of hydrogen-bond donors (Lipinski definition) is 1. The van der Waals surface area contributed by atoms with Gasteiger partial charge in [-0.3, -0.25) is 4.90 Å². The summed E-state index contributed by atoms with van der Waals surface area (Å²) in [5, 5.41) is 11.3. The van der Waals surface area contributed by atoms with E-state index in [0.717, 1.165) is 42.8 Å². The number of aliphatic hydroxyl groups is 1. The van der Waals surface area contributed by atoms with Crippen LogP contribution in [0.1, 0.15) is 37.8 Å². The van der Waals surface area contributed by atoms with E-state index in [0.29, 0.717) is 48.0 Å². The zero-order valence-electron chi connectivity index (χ0n) is 20.4. The Bertz CT molecular complexity index is 965.